The van der Waals surface area contributed by atoms with Gasteiger partial charge < -0.3 is 9.94 Å². The summed E-state index contributed by atoms with van der Waals surface area (Å²) in [6.45, 7) is 3.06. The summed E-state index contributed by atoms with van der Waals surface area (Å²) in [5, 5.41) is 24.5. The average Bonchev–Trinajstić information content (AvgIpc) is 3.01. The average molecular weight is 387 g/mol. The Morgan fingerprint density at radius 2 is 2.23 bits per heavy atom. The second-order valence-electron chi connectivity index (χ2n) is 5.55. The first-order valence-electron chi connectivity index (χ1n) is 7.42. The molecule has 0 radical (unpaired) electrons. The largest absolute Gasteiger partial charge is 0.469 e. The molecule has 10 nitrogen and oxygen atoms in total. The number of oxime groups is 1. The van der Waals surface area contributed by atoms with Gasteiger partial charge in [0.25, 0.3) is 16.1 Å². The van der Waals surface area contributed by atoms with Crippen LogP contribution in [0.15, 0.2) is 28.0 Å². The molecular weight excluding hydrogens is 369 g/mol. The summed E-state index contributed by atoms with van der Waals surface area (Å²) in [4.78, 5) is 0. The first-order chi connectivity index (χ1) is 12.2. The number of aromatic nitrogens is 2. The quantitative estimate of drug-likeness (QED) is 0.338. The molecule has 2 rings (SSSR count). The third-order valence-electron chi connectivity index (χ3n) is 3.33. The zero-order valence-corrected chi connectivity index (χ0v) is 14.8. The fourth-order valence-electron chi connectivity index (χ4n) is 2.08. The minimum absolute atomic E-state index is 0.0388. The number of nitrogens with one attached hydrogen (secondary N) is 1. The predicted molar refractivity (Wildman–Crippen MR) is 88.7 cm³/mol. The van der Waals surface area contributed by atoms with Crippen molar-refractivity contribution in [1.82, 2.24) is 15.0 Å². The van der Waals surface area contributed by atoms with Crippen LogP contribution in [0.3, 0.4) is 0 Å². The highest BCUT2D eigenvalue weighted by Gasteiger charge is 2.21. The number of aryl methyl sites for hydroxylation is 1. The molecule has 0 bridgehead atoms. The summed E-state index contributed by atoms with van der Waals surface area (Å²) in [6.07, 6.45) is -0.543. The second kappa shape index (κ2) is 8.21. The summed E-state index contributed by atoms with van der Waals surface area (Å²) in [5.74, 6) is -0.431. The first-order valence-corrected chi connectivity index (χ1v) is 8.97. The Balaban J connectivity index is 2.12. The maximum absolute atomic E-state index is 13.4. The van der Waals surface area contributed by atoms with Crippen molar-refractivity contribution in [2.24, 2.45) is 10.3 Å². The van der Waals surface area contributed by atoms with Crippen molar-refractivity contribution in [2.75, 3.05) is 6.54 Å². The van der Waals surface area contributed by atoms with Gasteiger partial charge in [0, 0.05) is 13.0 Å². The zero-order valence-electron chi connectivity index (χ0n) is 14.0. The van der Waals surface area contributed by atoms with Gasteiger partial charge in [-0.3, -0.25) is 0 Å². The van der Waals surface area contributed by atoms with E-state index in [2.05, 4.69) is 24.8 Å². The number of nitrogens with two attached hydrogens (primary N) is 1. The molecule has 0 spiro atoms. The molecule has 26 heavy (non-hydrogen) atoms. The molecule has 1 aromatic carbocycles. The lowest BCUT2D eigenvalue weighted by Gasteiger charge is -2.13. The topological polar surface area (TPSA) is 153 Å². The number of halogens is 1. The molecule has 0 amide bonds. The van der Waals surface area contributed by atoms with E-state index >= 15 is 0 Å². The van der Waals surface area contributed by atoms with Crippen LogP contribution in [0.5, 0.6) is 5.88 Å². The number of hydrogen-bond donors (Lipinski definition) is 3. The maximum atomic E-state index is 13.4. The standard InChI is InChI=1S/C14H18FN5O5S/c1-8-5-10(3-4-11(8)15)6-12(18-21)13-14(20-25-19-13)24-9(2)7-17-26(16,22)23/h3-5,9,17,21H,6-7H2,1-2H3,(H2,16,22,23)/b18-12+. The van der Waals surface area contributed by atoms with Crippen LogP contribution >= 0.6 is 0 Å². The molecule has 142 valence electrons. The fraction of sp³-hybridized carbons (Fsp3) is 0.357. The van der Waals surface area contributed by atoms with Crippen LogP contribution in [0.1, 0.15) is 23.7 Å². The highest BCUT2D eigenvalue weighted by atomic mass is 32.2. The Labute approximate surface area is 149 Å². The number of benzene rings is 1. The van der Waals surface area contributed by atoms with E-state index in [1.54, 1.807) is 26.0 Å². The lowest BCUT2D eigenvalue weighted by Crippen LogP contribution is -2.37. The Hall–Kier alpha value is -2.57. The maximum Gasteiger partial charge on any atom is 0.285 e. The zero-order chi connectivity index (χ0) is 19.3. The highest BCUT2D eigenvalue weighted by molar-refractivity contribution is 7.87. The van der Waals surface area contributed by atoms with E-state index in [1.165, 1.54) is 6.07 Å². The van der Waals surface area contributed by atoms with Crippen molar-refractivity contribution >= 4 is 15.9 Å². The Kier molecular flexibility index (Phi) is 6.23. The predicted octanol–water partition coefficient (Wildman–Crippen LogP) is 0.499. The van der Waals surface area contributed by atoms with Gasteiger partial charge >= 0.3 is 0 Å². The molecule has 1 heterocycles. The van der Waals surface area contributed by atoms with Crippen LogP contribution in [0.2, 0.25) is 0 Å². The van der Waals surface area contributed by atoms with Crippen molar-refractivity contribution in [2.45, 2.75) is 26.4 Å². The van der Waals surface area contributed by atoms with Crippen molar-refractivity contribution in [3.63, 3.8) is 0 Å². The fourth-order valence-corrected chi connectivity index (χ4v) is 2.54. The van der Waals surface area contributed by atoms with Crippen LogP contribution in [-0.2, 0) is 16.6 Å². The Morgan fingerprint density at radius 1 is 1.50 bits per heavy atom. The van der Waals surface area contributed by atoms with Crippen LogP contribution < -0.4 is 14.6 Å². The van der Waals surface area contributed by atoms with Crippen LogP contribution in [0.4, 0.5) is 4.39 Å². The van der Waals surface area contributed by atoms with Crippen LogP contribution in [0.25, 0.3) is 0 Å². The molecule has 0 saturated heterocycles. The summed E-state index contributed by atoms with van der Waals surface area (Å²) in [6, 6.07) is 4.45. The number of nitrogens with zero attached hydrogens (tertiary/aromatic N) is 3. The minimum atomic E-state index is -3.86. The van der Waals surface area contributed by atoms with Gasteiger partial charge in [0.2, 0.25) is 0 Å². The van der Waals surface area contributed by atoms with Crippen molar-refractivity contribution < 1.29 is 27.4 Å². The molecule has 0 aliphatic heterocycles. The van der Waals surface area contributed by atoms with Crippen LogP contribution in [0, 0.1) is 12.7 Å². The molecule has 1 atom stereocenters. The Bertz CT molecular complexity index is 899. The third kappa shape index (κ3) is 5.47. The van der Waals surface area contributed by atoms with E-state index < -0.39 is 16.3 Å². The lowest BCUT2D eigenvalue weighted by atomic mass is 10.0. The summed E-state index contributed by atoms with van der Waals surface area (Å²) in [7, 11) is -3.86. The van der Waals surface area contributed by atoms with Gasteiger partial charge in [-0.2, -0.15) is 13.1 Å². The van der Waals surface area contributed by atoms with Gasteiger partial charge in [-0.05, 0) is 41.4 Å². The minimum Gasteiger partial charge on any atom is -0.469 e. The van der Waals surface area contributed by atoms with Gasteiger partial charge in [-0.15, -0.1) is 0 Å². The molecule has 4 N–H and O–H groups in total. The SMILES string of the molecule is Cc1cc(C/C(=N\O)c2nonc2OC(C)CNS(N)(=O)=O)ccc1F. The van der Waals surface area contributed by atoms with Gasteiger partial charge in [-0.25, -0.2) is 14.2 Å². The van der Waals surface area contributed by atoms with E-state index in [9.17, 15) is 18.0 Å². The molecule has 12 heteroatoms. The summed E-state index contributed by atoms with van der Waals surface area (Å²) < 4.78 is 47.3. The van der Waals surface area contributed by atoms with Gasteiger partial charge in [-0.1, -0.05) is 17.3 Å². The molecule has 0 aliphatic rings. The number of hydrogen-bond acceptors (Lipinski definition) is 8. The van der Waals surface area contributed by atoms with E-state index in [0.717, 1.165) is 0 Å². The summed E-state index contributed by atoms with van der Waals surface area (Å²) in [5.41, 5.74) is 1.24. The lowest BCUT2D eigenvalue weighted by molar-refractivity contribution is 0.197. The van der Waals surface area contributed by atoms with Crippen molar-refractivity contribution in [3.05, 3.63) is 40.8 Å². The van der Waals surface area contributed by atoms with Crippen molar-refractivity contribution in [3.8, 4) is 5.88 Å². The van der Waals surface area contributed by atoms with E-state index in [-0.39, 0.29) is 36.1 Å². The molecule has 0 fully saturated rings. The first kappa shape index (κ1) is 19.8. The molecule has 2 aromatic rings. The smallest absolute Gasteiger partial charge is 0.285 e. The van der Waals surface area contributed by atoms with E-state index in [1.807, 2.05) is 0 Å². The van der Waals surface area contributed by atoms with E-state index in [0.29, 0.717) is 11.1 Å². The monoisotopic (exact) mass is 387 g/mol. The summed E-state index contributed by atoms with van der Waals surface area (Å²) >= 11 is 0. The molecule has 0 aliphatic carbocycles. The molecule has 1 aromatic heterocycles. The van der Waals surface area contributed by atoms with Gasteiger partial charge in [0.1, 0.15) is 17.6 Å². The van der Waals surface area contributed by atoms with Gasteiger partial charge in [0.15, 0.2) is 5.69 Å². The number of rotatable bonds is 8. The third-order valence-corrected chi connectivity index (χ3v) is 3.90. The van der Waals surface area contributed by atoms with Gasteiger partial charge in [0.05, 0.1) is 0 Å². The molecule has 1 unspecified atom stereocenters. The van der Waals surface area contributed by atoms with E-state index in [4.69, 9.17) is 9.88 Å². The normalized spacial score (nSPS) is 13.6. The highest BCUT2D eigenvalue weighted by Crippen LogP contribution is 2.19. The van der Waals surface area contributed by atoms with Crippen LogP contribution in [-0.4, -0.2) is 42.3 Å². The molecular formula is C14H18FN5O5S. The van der Waals surface area contributed by atoms with Crippen molar-refractivity contribution in [1.29, 1.82) is 0 Å². The number of ether oxygens (including phenoxy) is 1. The second-order valence-corrected chi connectivity index (χ2v) is 6.93. The Morgan fingerprint density at radius 3 is 2.85 bits per heavy atom. The molecule has 0 saturated carbocycles.